The quantitative estimate of drug-likeness (QED) is 0.408. The van der Waals surface area contributed by atoms with Crippen LogP contribution in [-0.2, 0) is 6.42 Å². The number of ether oxygens (including phenoxy) is 2. The summed E-state index contributed by atoms with van der Waals surface area (Å²) in [7, 11) is 4.97. The first-order valence-electron chi connectivity index (χ1n) is 10.6. The Bertz CT molecular complexity index is 1220. The largest absolute Gasteiger partial charge is 0.493 e. The van der Waals surface area contributed by atoms with Crippen molar-refractivity contribution in [1.82, 2.24) is 19.7 Å². The maximum absolute atomic E-state index is 13.5. The lowest BCUT2D eigenvalue weighted by Crippen LogP contribution is -2.29. The minimum Gasteiger partial charge on any atom is -0.493 e. The zero-order valence-electron chi connectivity index (χ0n) is 18.9. The molecule has 168 valence electrons. The summed E-state index contributed by atoms with van der Waals surface area (Å²) in [5, 5.41) is 4.76. The Hall–Kier alpha value is -4.13. The van der Waals surface area contributed by atoms with Gasteiger partial charge in [-0.15, -0.1) is 0 Å². The number of hydrogen-bond acceptors (Lipinski definition) is 5. The second kappa shape index (κ2) is 9.99. The topological polar surface area (TPSA) is 69.5 Å². The van der Waals surface area contributed by atoms with Crippen LogP contribution in [0.4, 0.5) is 0 Å². The van der Waals surface area contributed by atoms with Gasteiger partial charge < -0.3 is 14.4 Å². The minimum atomic E-state index is -0.113. The van der Waals surface area contributed by atoms with Crippen molar-refractivity contribution < 1.29 is 14.3 Å². The average Bonchev–Trinajstić information content (AvgIpc) is 3.33. The van der Waals surface area contributed by atoms with Gasteiger partial charge in [0.15, 0.2) is 11.5 Å². The molecule has 7 heteroatoms. The van der Waals surface area contributed by atoms with E-state index in [0.717, 1.165) is 16.9 Å². The van der Waals surface area contributed by atoms with Gasteiger partial charge in [-0.25, -0.2) is 4.68 Å². The molecule has 7 nitrogen and oxygen atoms in total. The second-order valence-corrected chi connectivity index (χ2v) is 7.54. The second-order valence-electron chi connectivity index (χ2n) is 7.54. The molecule has 0 aliphatic carbocycles. The van der Waals surface area contributed by atoms with Crippen LogP contribution in [0.1, 0.15) is 16.1 Å². The zero-order chi connectivity index (χ0) is 23.2. The van der Waals surface area contributed by atoms with Crippen molar-refractivity contribution in [2.75, 3.05) is 27.8 Å². The van der Waals surface area contributed by atoms with Crippen LogP contribution in [0.2, 0.25) is 0 Å². The van der Waals surface area contributed by atoms with Crippen LogP contribution in [0.15, 0.2) is 79.1 Å². The lowest BCUT2D eigenvalue weighted by molar-refractivity contribution is 0.0797. The molecular weight excluding hydrogens is 416 g/mol. The Morgan fingerprint density at radius 3 is 2.42 bits per heavy atom. The van der Waals surface area contributed by atoms with E-state index >= 15 is 0 Å². The molecule has 0 radical (unpaired) electrons. The number of para-hydroxylation sites is 1. The summed E-state index contributed by atoms with van der Waals surface area (Å²) in [4.78, 5) is 19.5. The number of benzene rings is 2. The van der Waals surface area contributed by atoms with Crippen molar-refractivity contribution in [1.29, 1.82) is 0 Å². The van der Waals surface area contributed by atoms with Gasteiger partial charge in [-0.05, 0) is 42.5 Å². The molecule has 2 heterocycles. The van der Waals surface area contributed by atoms with E-state index in [2.05, 4.69) is 4.98 Å². The number of carbonyl (C=O) groups excluding carboxylic acids is 1. The van der Waals surface area contributed by atoms with E-state index in [1.807, 2.05) is 66.7 Å². The standard InChI is InChI=1S/C26H26N4O3/c1-29(16-14-20-9-7-8-15-27-20)26(31)22-18-30(21-10-5-4-6-11-21)28-25(22)19-12-13-23(32-2)24(17-19)33-3/h4-13,15,17-18H,14,16H2,1-3H3. The molecule has 0 aliphatic rings. The van der Waals surface area contributed by atoms with E-state index in [4.69, 9.17) is 14.6 Å². The summed E-state index contributed by atoms with van der Waals surface area (Å²) >= 11 is 0. The monoisotopic (exact) mass is 442 g/mol. The number of carbonyl (C=O) groups is 1. The van der Waals surface area contributed by atoms with Crippen LogP contribution < -0.4 is 9.47 Å². The first-order chi connectivity index (χ1) is 16.1. The molecule has 4 rings (SSSR count). The summed E-state index contributed by atoms with van der Waals surface area (Å²) in [5.41, 5.74) is 3.67. The molecule has 0 saturated carbocycles. The van der Waals surface area contributed by atoms with Crippen molar-refractivity contribution in [3.8, 4) is 28.4 Å². The van der Waals surface area contributed by atoms with Crippen LogP contribution in [-0.4, -0.2) is 53.4 Å². The van der Waals surface area contributed by atoms with Gasteiger partial charge in [0.1, 0.15) is 5.69 Å². The number of pyridine rings is 1. The molecule has 0 N–H and O–H groups in total. The Kier molecular flexibility index (Phi) is 6.69. The summed E-state index contributed by atoms with van der Waals surface area (Å²) in [5.74, 6) is 1.08. The maximum atomic E-state index is 13.5. The van der Waals surface area contributed by atoms with Crippen LogP contribution in [0.25, 0.3) is 16.9 Å². The predicted octanol–water partition coefficient (Wildman–Crippen LogP) is 4.27. The number of rotatable bonds is 8. The highest BCUT2D eigenvalue weighted by atomic mass is 16.5. The van der Waals surface area contributed by atoms with E-state index in [-0.39, 0.29) is 5.91 Å². The Labute approximate surface area is 193 Å². The molecule has 1 amide bonds. The van der Waals surface area contributed by atoms with Crippen LogP contribution >= 0.6 is 0 Å². The highest BCUT2D eigenvalue weighted by Crippen LogP contribution is 2.33. The lowest BCUT2D eigenvalue weighted by Gasteiger charge is -2.17. The van der Waals surface area contributed by atoms with Gasteiger partial charge in [0.05, 0.1) is 25.5 Å². The third-order valence-corrected chi connectivity index (χ3v) is 5.40. The number of aromatic nitrogens is 3. The summed E-state index contributed by atoms with van der Waals surface area (Å²) in [6.45, 7) is 0.539. The molecule has 0 bridgehead atoms. The molecule has 4 aromatic rings. The number of hydrogen-bond donors (Lipinski definition) is 0. The molecule has 2 aromatic heterocycles. The van der Waals surface area contributed by atoms with Gasteiger partial charge in [0.2, 0.25) is 0 Å². The fraction of sp³-hybridized carbons (Fsp3) is 0.192. The van der Waals surface area contributed by atoms with E-state index in [1.165, 1.54) is 0 Å². The van der Waals surface area contributed by atoms with Gasteiger partial charge in [0, 0.05) is 43.7 Å². The highest BCUT2D eigenvalue weighted by molar-refractivity contribution is 6.00. The van der Waals surface area contributed by atoms with E-state index in [0.29, 0.717) is 35.7 Å². The number of amides is 1. The predicted molar refractivity (Wildman–Crippen MR) is 127 cm³/mol. The molecule has 2 aromatic carbocycles. The van der Waals surface area contributed by atoms with Gasteiger partial charge in [-0.1, -0.05) is 24.3 Å². The normalized spacial score (nSPS) is 10.6. The van der Waals surface area contributed by atoms with Crippen molar-refractivity contribution in [2.45, 2.75) is 6.42 Å². The van der Waals surface area contributed by atoms with Crippen molar-refractivity contribution in [2.24, 2.45) is 0 Å². The molecule has 0 atom stereocenters. The summed E-state index contributed by atoms with van der Waals surface area (Å²) in [6, 6.07) is 21.0. The first-order valence-corrected chi connectivity index (χ1v) is 10.6. The number of likely N-dealkylation sites (N-methyl/N-ethyl adjacent to an activating group) is 1. The number of nitrogens with zero attached hydrogens (tertiary/aromatic N) is 4. The maximum Gasteiger partial charge on any atom is 0.257 e. The third kappa shape index (κ3) is 4.87. The molecule has 0 saturated heterocycles. The molecule has 0 aliphatic heterocycles. The van der Waals surface area contributed by atoms with E-state index < -0.39 is 0 Å². The third-order valence-electron chi connectivity index (χ3n) is 5.40. The van der Waals surface area contributed by atoms with Crippen LogP contribution in [0.5, 0.6) is 11.5 Å². The Morgan fingerprint density at radius 1 is 0.970 bits per heavy atom. The molecule has 0 spiro atoms. The van der Waals surface area contributed by atoms with Gasteiger partial charge >= 0.3 is 0 Å². The first kappa shape index (κ1) is 22.1. The minimum absolute atomic E-state index is 0.113. The van der Waals surface area contributed by atoms with Crippen molar-refractivity contribution >= 4 is 5.91 Å². The lowest BCUT2D eigenvalue weighted by atomic mass is 10.1. The fourth-order valence-corrected chi connectivity index (χ4v) is 3.58. The highest BCUT2D eigenvalue weighted by Gasteiger charge is 2.22. The average molecular weight is 443 g/mol. The summed E-state index contributed by atoms with van der Waals surface area (Å²) < 4.78 is 12.6. The van der Waals surface area contributed by atoms with Crippen LogP contribution in [0, 0.1) is 0 Å². The fourth-order valence-electron chi connectivity index (χ4n) is 3.58. The van der Waals surface area contributed by atoms with E-state index in [1.54, 1.807) is 43.2 Å². The van der Waals surface area contributed by atoms with E-state index in [9.17, 15) is 4.79 Å². The van der Waals surface area contributed by atoms with Gasteiger partial charge in [-0.3, -0.25) is 9.78 Å². The Morgan fingerprint density at radius 2 is 1.73 bits per heavy atom. The summed E-state index contributed by atoms with van der Waals surface area (Å²) in [6.07, 6.45) is 4.21. The molecular formula is C26H26N4O3. The molecule has 0 fully saturated rings. The smallest absolute Gasteiger partial charge is 0.257 e. The number of methoxy groups -OCH3 is 2. The van der Waals surface area contributed by atoms with Crippen LogP contribution in [0.3, 0.4) is 0 Å². The van der Waals surface area contributed by atoms with Gasteiger partial charge in [-0.2, -0.15) is 5.10 Å². The SMILES string of the molecule is COc1ccc(-c2nn(-c3ccccc3)cc2C(=O)N(C)CCc2ccccn2)cc1OC. The molecule has 0 unspecified atom stereocenters. The zero-order valence-corrected chi connectivity index (χ0v) is 18.9. The molecule has 33 heavy (non-hydrogen) atoms. The van der Waals surface area contributed by atoms with Gasteiger partial charge in [0.25, 0.3) is 5.91 Å². The Balaban J connectivity index is 1.70. The van der Waals surface area contributed by atoms with Crippen molar-refractivity contribution in [3.63, 3.8) is 0 Å². The van der Waals surface area contributed by atoms with Crippen molar-refractivity contribution in [3.05, 3.63) is 90.4 Å².